The number of nitrogens with zero attached hydrogens (tertiary/aromatic N) is 3. The van der Waals surface area contributed by atoms with Gasteiger partial charge in [0.25, 0.3) is 11.8 Å². The Bertz CT molecular complexity index is 692. The second-order valence-electron chi connectivity index (χ2n) is 7.39. The molecule has 0 aliphatic carbocycles. The molecule has 0 N–H and O–H groups in total. The Kier molecular flexibility index (Phi) is 4.76. The van der Waals surface area contributed by atoms with Crippen LogP contribution in [-0.4, -0.2) is 71.2 Å². The standard InChI is InChI=1S/C20H25N3O3/c24-18-15-7-1-2-8-16(15)19(25)23(18)14-6-13-21-12-5-9-17(21)20(26)22-10-3-4-11-22/h1-2,7-8,17H,3-6,9-14H2/t17-/m0/s1. The third-order valence-electron chi connectivity index (χ3n) is 5.77. The zero-order valence-corrected chi connectivity index (χ0v) is 15.0. The highest BCUT2D eigenvalue weighted by atomic mass is 16.2. The van der Waals surface area contributed by atoms with Crippen molar-refractivity contribution in [3.05, 3.63) is 35.4 Å². The number of likely N-dealkylation sites (tertiary alicyclic amines) is 2. The smallest absolute Gasteiger partial charge is 0.261 e. The maximum Gasteiger partial charge on any atom is 0.261 e. The Balaban J connectivity index is 1.32. The first-order chi connectivity index (χ1) is 12.7. The molecule has 2 saturated heterocycles. The van der Waals surface area contributed by atoms with E-state index in [0.717, 1.165) is 51.9 Å². The van der Waals surface area contributed by atoms with Crippen LogP contribution in [0.15, 0.2) is 24.3 Å². The van der Waals surface area contributed by atoms with Crippen LogP contribution in [0.1, 0.15) is 52.8 Å². The summed E-state index contributed by atoms with van der Waals surface area (Å²) in [5.74, 6) is -0.130. The fourth-order valence-electron chi connectivity index (χ4n) is 4.40. The molecule has 0 aromatic heterocycles. The third kappa shape index (κ3) is 3.03. The van der Waals surface area contributed by atoms with Crippen molar-refractivity contribution in [3.63, 3.8) is 0 Å². The lowest BCUT2D eigenvalue weighted by molar-refractivity contribution is -0.134. The van der Waals surface area contributed by atoms with Crippen molar-refractivity contribution < 1.29 is 14.4 Å². The van der Waals surface area contributed by atoms with Gasteiger partial charge in [-0.3, -0.25) is 24.2 Å². The van der Waals surface area contributed by atoms with E-state index < -0.39 is 0 Å². The Morgan fingerprint density at radius 2 is 1.58 bits per heavy atom. The molecule has 26 heavy (non-hydrogen) atoms. The van der Waals surface area contributed by atoms with E-state index in [2.05, 4.69) is 4.90 Å². The number of imide groups is 1. The summed E-state index contributed by atoms with van der Waals surface area (Å²) in [6.45, 7) is 3.86. The van der Waals surface area contributed by atoms with Crippen LogP contribution < -0.4 is 0 Å². The Morgan fingerprint density at radius 1 is 0.923 bits per heavy atom. The molecule has 1 aromatic carbocycles. The number of carbonyl (C=O) groups is 3. The molecule has 1 aromatic rings. The molecule has 1 atom stereocenters. The monoisotopic (exact) mass is 355 g/mol. The number of benzene rings is 1. The minimum Gasteiger partial charge on any atom is -0.341 e. The number of hydrogen-bond acceptors (Lipinski definition) is 4. The zero-order valence-electron chi connectivity index (χ0n) is 15.0. The summed E-state index contributed by atoms with van der Waals surface area (Å²) < 4.78 is 0. The molecule has 0 spiro atoms. The molecule has 6 heteroatoms. The van der Waals surface area contributed by atoms with Gasteiger partial charge in [0.15, 0.2) is 0 Å². The molecule has 3 aliphatic rings. The van der Waals surface area contributed by atoms with Gasteiger partial charge < -0.3 is 4.90 Å². The highest BCUT2D eigenvalue weighted by Crippen LogP contribution is 2.24. The van der Waals surface area contributed by atoms with E-state index in [-0.39, 0.29) is 23.8 Å². The first-order valence-corrected chi connectivity index (χ1v) is 9.65. The van der Waals surface area contributed by atoms with E-state index in [1.165, 1.54) is 4.90 Å². The minimum atomic E-state index is -0.197. The zero-order chi connectivity index (χ0) is 18.1. The molecule has 3 aliphatic heterocycles. The van der Waals surface area contributed by atoms with Crippen LogP contribution in [0, 0.1) is 0 Å². The largest absolute Gasteiger partial charge is 0.341 e. The van der Waals surface area contributed by atoms with Crippen molar-refractivity contribution in [1.82, 2.24) is 14.7 Å². The summed E-state index contributed by atoms with van der Waals surface area (Å²) in [5.41, 5.74) is 1.00. The van der Waals surface area contributed by atoms with Crippen molar-refractivity contribution in [1.29, 1.82) is 0 Å². The van der Waals surface area contributed by atoms with Crippen LogP contribution in [-0.2, 0) is 4.79 Å². The normalized spacial score (nSPS) is 23.2. The molecule has 3 amide bonds. The second kappa shape index (κ2) is 7.19. The fraction of sp³-hybridized carbons (Fsp3) is 0.550. The SMILES string of the molecule is O=C([C@@H]1CCCN1CCCN1C(=O)c2ccccc2C1=O)N1CCCC1. The molecule has 2 fully saturated rings. The third-order valence-corrected chi connectivity index (χ3v) is 5.77. The fourth-order valence-corrected chi connectivity index (χ4v) is 4.40. The highest BCUT2D eigenvalue weighted by molar-refractivity contribution is 6.21. The molecular weight excluding hydrogens is 330 g/mol. The average Bonchev–Trinajstić information content (AvgIpc) is 3.39. The maximum atomic E-state index is 12.7. The summed E-state index contributed by atoms with van der Waals surface area (Å²) >= 11 is 0. The van der Waals surface area contributed by atoms with Gasteiger partial charge in [-0.25, -0.2) is 0 Å². The first kappa shape index (κ1) is 17.2. The Hall–Kier alpha value is -2.21. The summed E-state index contributed by atoms with van der Waals surface area (Å²) in [6, 6.07) is 6.97. The lowest BCUT2D eigenvalue weighted by Crippen LogP contribution is -2.45. The number of hydrogen-bond donors (Lipinski definition) is 0. The van der Waals surface area contributed by atoms with E-state index in [4.69, 9.17) is 0 Å². The van der Waals surface area contributed by atoms with Gasteiger partial charge in [-0.1, -0.05) is 12.1 Å². The Labute approximate surface area is 153 Å². The second-order valence-corrected chi connectivity index (χ2v) is 7.39. The Morgan fingerprint density at radius 3 is 2.23 bits per heavy atom. The van der Waals surface area contributed by atoms with Crippen LogP contribution >= 0.6 is 0 Å². The predicted molar refractivity (Wildman–Crippen MR) is 96.8 cm³/mol. The van der Waals surface area contributed by atoms with Crippen LogP contribution in [0.5, 0.6) is 0 Å². The summed E-state index contributed by atoms with van der Waals surface area (Å²) in [4.78, 5) is 43.1. The number of amides is 3. The molecule has 3 heterocycles. The molecule has 0 radical (unpaired) electrons. The van der Waals surface area contributed by atoms with Gasteiger partial charge in [-0.05, 0) is 50.8 Å². The molecule has 0 saturated carbocycles. The van der Waals surface area contributed by atoms with Gasteiger partial charge in [-0.2, -0.15) is 0 Å². The topological polar surface area (TPSA) is 60.9 Å². The van der Waals surface area contributed by atoms with Gasteiger partial charge >= 0.3 is 0 Å². The lowest BCUT2D eigenvalue weighted by atomic mass is 10.1. The van der Waals surface area contributed by atoms with Crippen LogP contribution in [0.3, 0.4) is 0 Å². The van der Waals surface area contributed by atoms with Crippen LogP contribution in [0.2, 0.25) is 0 Å². The number of fused-ring (bicyclic) bond motifs is 1. The van der Waals surface area contributed by atoms with E-state index in [1.54, 1.807) is 24.3 Å². The molecule has 6 nitrogen and oxygen atoms in total. The van der Waals surface area contributed by atoms with Gasteiger partial charge in [-0.15, -0.1) is 0 Å². The lowest BCUT2D eigenvalue weighted by Gasteiger charge is -2.28. The quantitative estimate of drug-likeness (QED) is 0.755. The highest BCUT2D eigenvalue weighted by Gasteiger charge is 2.36. The van der Waals surface area contributed by atoms with E-state index >= 15 is 0 Å². The van der Waals surface area contributed by atoms with Crippen molar-refractivity contribution >= 4 is 17.7 Å². The summed E-state index contributed by atoms with van der Waals surface area (Å²) in [7, 11) is 0. The van der Waals surface area contributed by atoms with Gasteiger partial charge in [0.1, 0.15) is 0 Å². The van der Waals surface area contributed by atoms with Crippen LogP contribution in [0.4, 0.5) is 0 Å². The maximum absolute atomic E-state index is 12.7. The summed E-state index contributed by atoms with van der Waals surface area (Å²) in [6.07, 6.45) is 4.88. The predicted octanol–water partition coefficient (Wildman–Crippen LogP) is 1.76. The van der Waals surface area contributed by atoms with Crippen molar-refractivity contribution in [2.45, 2.75) is 38.1 Å². The van der Waals surface area contributed by atoms with E-state index in [9.17, 15) is 14.4 Å². The van der Waals surface area contributed by atoms with Crippen molar-refractivity contribution in [3.8, 4) is 0 Å². The minimum absolute atomic E-state index is 0.0183. The molecule has 0 bridgehead atoms. The molecule has 138 valence electrons. The van der Waals surface area contributed by atoms with Crippen molar-refractivity contribution in [2.75, 3.05) is 32.7 Å². The average molecular weight is 355 g/mol. The van der Waals surface area contributed by atoms with Crippen molar-refractivity contribution in [2.24, 2.45) is 0 Å². The van der Waals surface area contributed by atoms with Gasteiger partial charge in [0.05, 0.1) is 17.2 Å². The van der Waals surface area contributed by atoms with Gasteiger partial charge in [0, 0.05) is 26.2 Å². The first-order valence-electron chi connectivity index (χ1n) is 9.65. The van der Waals surface area contributed by atoms with Gasteiger partial charge in [0.2, 0.25) is 5.91 Å². The number of rotatable bonds is 5. The van der Waals surface area contributed by atoms with E-state index in [1.807, 2.05) is 4.90 Å². The molecular formula is C20H25N3O3. The number of carbonyl (C=O) groups excluding carboxylic acids is 3. The van der Waals surface area contributed by atoms with E-state index in [0.29, 0.717) is 24.1 Å². The summed E-state index contributed by atoms with van der Waals surface area (Å²) in [5, 5.41) is 0. The molecule has 0 unspecified atom stereocenters. The van der Waals surface area contributed by atoms with Crippen LogP contribution in [0.25, 0.3) is 0 Å². The molecule has 4 rings (SSSR count).